The second kappa shape index (κ2) is 9.65. The molecule has 1 fully saturated rings. The first-order valence-electron chi connectivity index (χ1n) is 10.0. The first-order valence-corrected chi connectivity index (χ1v) is 10.0. The molecular formula is C23H26N2O5. The molecule has 2 aromatic carbocycles. The molecule has 4 rings (SSSR count). The molecule has 2 aromatic rings. The second-order valence-corrected chi connectivity index (χ2v) is 7.24. The normalized spacial score (nSPS) is 16.2. The largest absolute Gasteiger partial charge is 0.468 e. The molecule has 0 radical (unpaired) electrons. The molecule has 1 amide bonds. The molecule has 30 heavy (non-hydrogen) atoms. The first kappa shape index (κ1) is 20.3. The zero-order valence-electron chi connectivity index (χ0n) is 17.1. The van der Waals surface area contributed by atoms with Gasteiger partial charge in [0.25, 0.3) is 0 Å². The van der Waals surface area contributed by atoms with Crippen LogP contribution in [0.25, 0.3) is 6.08 Å². The van der Waals surface area contributed by atoms with Gasteiger partial charge in [0.2, 0.25) is 12.7 Å². The highest BCUT2D eigenvalue weighted by molar-refractivity contribution is 5.91. The monoisotopic (exact) mass is 410 g/mol. The lowest BCUT2D eigenvalue weighted by Gasteiger charge is -2.34. The van der Waals surface area contributed by atoms with Crippen molar-refractivity contribution in [3.8, 4) is 17.2 Å². The number of fused-ring (bicyclic) bond motifs is 1. The first-order chi connectivity index (χ1) is 14.7. The van der Waals surface area contributed by atoms with Crippen LogP contribution in [0.15, 0.2) is 48.5 Å². The van der Waals surface area contributed by atoms with Crippen LogP contribution in [0.1, 0.15) is 11.1 Å². The third-order valence-electron chi connectivity index (χ3n) is 5.17. The summed E-state index contributed by atoms with van der Waals surface area (Å²) in [7, 11) is 1.58. The molecule has 0 saturated carbocycles. The number of ether oxygens (including phenoxy) is 4. The van der Waals surface area contributed by atoms with Gasteiger partial charge >= 0.3 is 0 Å². The zero-order chi connectivity index (χ0) is 20.8. The second-order valence-electron chi connectivity index (χ2n) is 7.24. The summed E-state index contributed by atoms with van der Waals surface area (Å²) in [4.78, 5) is 16.8. The molecule has 0 aromatic heterocycles. The summed E-state index contributed by atoms with van der Waals surface area (Å²) < 4.78 is 21.1. The van der Waals surface area contributed by atoms with Crippen LogP contribution >= 0.6 is 0 Å². The number of hydrogen-bond acceptors (Lipinski definition) is 6. The fraction of sp³-hybridized carbons (Fsp3) is 0.348. The maximum absolute atomic E-state index is 12.5. The third-order valence-corrected chi connectivity index (χ3v) is 5.17. The SMILES string of the molecule is COCOc1ccc(/C=C/C(=O)N2CCN(Cc3ccc4c(c3)OCO4)CC2)cc1. The fourth-order valence-corrected chi connectivity index (χ4v) is 3.50. The van der Waals surface area contributed by atoms with Crippen LogP contribution in [0.5, 0.6) is 17.2 Å². The number of benzene rings is 2. The number of carbonyl (C=O) groups is 1. The average molecular weight is 410 g/mol. The summed E-state index contributed by atoms with van der Waals surface area (Å²) in [6.45, 7) is 4.48. The van der Waals surface area contributed by atoms with Gasteiger partial charge in [-0.3, -0.25) is 9.69 Å². The maximum Gasteiger partial charge on any atom is 0.246 e. The summed E-state index contributed by atoms with van der Waals surface area (Å²) in [5, 5.41) is 0. The molecule has 2 aliphatic rings. The Morgan fingerprint density at radius 3 is 2.57 bits per heavy atom. The average Bonchev–Trinajstić information content (AvgIpc) is 3.25. The Hall–Kier alpha value is -3.03. The fourth-order valence-electron chi connectivity index (χ4n) is 3.50. The van der Waals surface area contributed by atoms with Crippen molar-refractivity contribution < 1.29 is 23.7 Å². The van der Waals surface area contributed by atoms with Crippen molar-refractivity contribution in [2.45, 2.75) is 6.54 Å². The summed E-state index contributed by atoms with van der Waals surface area (Å²) in [6, 6.07) is 13.6. The van der Waals surface area contributed by atoms with Crippen molar-refractivity contribution in [3.05, 3.63) is 59.7 Å². The number of nitrogens with zero attached hydrogens (tertiary/aromatic N) is 2. The zero-order valence-corrected chi connectivity index (χ0v) is 17.1. The molecule has 1 saturated heterocycles. The molecule has 0 bridgehead atoms. The van der Waals surface area contributed by atoms with E-state index in [-0.39, 0.29) is 12.7 Å². The van der Waals surface area contributed by atoms with Crippen LogP contribution in [0.3, 0.4) is 0 Å². The third kappa shape index (κ3) is 5.11. The Balaban J connectivity index is 1.24. The Morgan fingerprint density at radius 2 is 1.80 bits per heavy atom. The van der Waals surface area contributed by atoms with Gasteiger partial charge in [-0.15, -0.1) is 0 Å². The standard InChI is InChI=1S/C23H26N2O5/c1-27-16-28-20-6-2-18(3-7-20)5-9-23(26)25-12-10-24(11-13-25)15-19-4-8-21-22(14-19)30-17-29-21/h2-9,14H,10-13,15-17H2,1H3/b9-5+. The van der Waals surface area contributed by atoms with E-state index >= 15 is 0 Å². The van der Waals surface area contributed by atoms with Crippen molar-refractivity contribution in [1.82, 2.24) is 9.80 Å². The lowest BCUT2D eigenvalue weighted by molar-refractivity contribution is -0.127. The van der Waals surface area contributed by atoms with Crippen LogP contribution < -0.4 is 14.2 Å². The van der Waals surface area contributed by atoms with Gasteiger partial charge in [0, 0.05) is 45.9 Å². The van der Waals surface area contributed by atoms with Gasteiger partial charge in [-0.1, -0.05) is 18.2 Å². The minimum atomic E-state index is 0.0393. The molecule has 0 N–H and O–H groups in total. The number of methoxy groups -OCH3 is 1. The van der Waals surface area contributed by atoms with E-state index in [0.717, 1.165) is 55.5 Å². The highest BCUT2D eigenvalue weighted by Crippen LogP contribution is 2.32. The molecule has 0 atom stereocenters. The Bertz CT molecular complexity index is 889. The van der Waals surface area contributed by atoms with Crippen molar-refractivity contribution in [1.29, 1.82) is 0 Å². The van der Waals surface area contributed by atoms with Crippen LogP contribution in [0.2, 0.25) is 0 Å². The molecular weight excluding hydrogens is 384 g/mol. The number of hydrogen-bond donors (Lipinski definition) is 0. The van der Waals surface area contributed by atoms with Crippen LogP contribution in [-0.4, -0.2) is 62.6 Å². The lowest BCUT2D eigenvalue weighted by Crippen LogP contribution is -2.47. The predicted octanol–water partition coefficient (Wildman–Crippen LogP) is 2.76. The molecule has 2 heterocycles. The van der Waals surface area contributed by atoms with Crippen LogP contribution in [-0.2, 0) is 16.1 Å². The molecule has 0 unspecified atom stereocenters. The molecule has 7 heteroatoms. The molecule has 0 aliphatic carbocycles. The van der Waals surface area contributed by atoms with E-state index in [0.29, 0.717) is 6.79 Å². The number of amides is 1. The van der Waals surface area contributed by atoms with Gasteiger partial charge in [0.15, 0.2) is 18.3 Å². The lowest BCUT2D eigenvalue weighted by atomic mass is 10.1. The quantitative estimate of drug-likeness (QED) is 0.517. The predicted molar refractivity (Wildman–Crippen MR) is 112 cm³/mol. The Labute approximate surface area is 176 Å². The molecule has 0 spiro atoms. The Kier molecular flexibility index (Phi) is 6.51. The highest BCUT2D eigenvalue weighted by Gasteiger charge is 2.20. The van der Waals surface area contributed by atoms with Crippen molar-refractivity contribution in [2.75, 3.05) is 46.9 Å². The van der Waals surface area contributed by atoms with Gasteiger partial charge in [0.05, 0.1) is 0 Å². The van der Waals surface area contributed by atoms with Gasteiger partial charge in [-0.25, -0.2) is 0 Å². The molecule has 2 aliphatic heterocycles. The van der Waals surface area contributed by atoms with E-state index in [1.807, 2.05) is 47.4 Å². The van der Waals surface area contributed by atoms with E-state index < -0.39 is 0 Å². The van der Waals surface area contributed by atoms with Crippen LogP contribution in [0, 0.1) is 0 Å². The van der Waals surface area contributed by atoms with E-state index in [2.05, 4.69) is 11.0 Å². The van der Waals surface area contributed by atoms with Gasteiger partial charge in [0.1, 0.15) is 5.75 Å². The Morgan fingerprint density at radius 1 is 1.03 bits per heavy atom. The minimum absolute atomic E-state index is 0.0393. The molecule has 7 nitrogen and oxygen atoms in total. The molecule has 158 valence electrons. The van der Waals surface area contributed by atoms with E-state index in [1.54, 1.807) is 13.2 Å². The van der Waals surface area contributed by atoms with Crippen LogP contribution in [0.4, 0.5) is 0 Å². The summed E-state index contributed by atoms with van der Waals surface area (Å²) in [5.74, 6) is 2.39. The maximum atomic E-state index is 12.5. The van der Waals surface area contributed by atoms with E-state index in [4.69, 9.17) is 18.9 Å². The van der Waals surface area contributed by atoms with Gasteiger partial charge in [-0.05, 0) is 41.5 Å². The van der Waals surface area contributed by atoms with Crippen molar-refractivity contribution in [3.63, 3.8) is 0 Å². The van der Waals surface area contributed by atoms with E-state index in [1.165, 1.54) is 5.56 Å². The minimum Gasteiger partial charge on any atom is -0.468 e. The summed E-state index contributed by atoms with van der Waals surface area (Å²) in [5.41, 5.74) is 2.14. The smallest absolute Gasteiger partial charge is 0.246 e. The van der Waals surface area contributed by atoms with Gasteiger partial charge in [-0.2, -0.15) is 0 Å². The summed E-state index contributed by atoms with van der Waals surface area (Å²) >= 11 is 0. The number of rotatable bonds is 7. The highest BCUT2D eigenvalue weighted by atomic mass is 16.7. The topological polar surface area (TPSA) is 60.5 Å². The number of piperazine rings is 1. The number of carbonyl (C=O) groups excluding carboxylic acids is 1. The van der Waals surface area contributed by atoms with E-state index in [9.17, 15) is 4.79 Å². The van der Waals surface area contributed by atoms with Crippen molar-refractivity contribution >= 4 is 12.0 Å². The summed E-state index contributed by atoms with van der Waals surface area (Å²) in [6.07, 6.45) is 3.47. The van der Waals surface area contributed by atoms with Gasteiger partial charge < -0.3 is 23.8 Å². The van der Waals surface area contributed by atoms with Crippen molar-refractivity contribution in [2.24, 2.45) is 0 Å².